The van der Waals surface area contributed by atoms with E-state index in [9.17, 15) is 14.7 Å². The number of rotatable bonds is 7. The summed E-state index contributed by atoms with van der Waals surface area (Å²) in [5, 5.41) is 18.9. The van der Waals surface area contributed by atoms with Crippen LogP contribution < -0.4 is 14.5 Å². The number of thiophene rings is 1. The van der Waals surface area contributed by atoms with Crippen LogP contribution in [-0.2, 0) is 10.2 Å². The number of nitrogens with zero attached hydrogens (tertiary/aromatic N) is 4. The average Bonchev–Trinajstić information content (AvgIpc) is 3.62. The molecule has 2 aromatic heterocycles. The lowest BCUT2D eigenvalue weighted by Gasteiger charge is -2.39. The quantitative estimate of drug-likeness (QED) is 0.398. The summed E-state index contributed by atoms with van der Waals surface area (Å²) in [4.78, 5) is 31.9. The van der Waals surface area contributed by atoms with Crippen LogP contribution in [0.15, 0.2) is 18.2 Å². The predicted octanol–water partition coefficient (Wildman–Crippen LogP) is 6.68. The van der Waals surface area contributed by atoms with E-state index < -0.39 is 5.97 Å². The fourth-order valence-corrected chi connectivity index (χ4v) is 7.41. The fourth-order valence-electron chi connectivity index (χ4n) is 6.37. The highest BCUT2D eigenvalue weighted by atomic mass is 32.1. The van der Waals surface area contributed by atoms with Gasteiger partial charge < -0.3 is 19.6 Å². The lowest BCUT2D eigenvalue weighted by molar-refractivity contribution is -0.124. The van der Waals surface area contributed by atoms with Crippen LogP contribution in [0, 0.1) is 11.8 Å². The fraction of sp³-hybridized carbons (Fsp3) is 0.677. The number of hydrogen-bond donors (Lipinski definition) is 1. The van der Waals surface area contributed by atoms with Crippen molar-refractivity contribution in [3.05, 3.63) is 28.0 Å². The van der Waals surface area contributed by atoms with Gasteiger partial charge in [-0.25, -0.2) is 4.79 Å². The molecule has 2 aromatic rings. The molecular formula is C31H44N4O4S. The first kappa shape index (κ1) is 28.8. The van der Waals surface area contributed by atoms with Crippen LogP contribution in [0.2, 0.25) is 0 Å². The van der Waals surface area contributed by atoms with Crippen molar-refractivity contribution < 1.29 is 19.4 Å². The predicted molar refractivity (Wildman–Crippen MR) is 159 cm³/mol. The Bertz CT molecular complexity index is 1170. The maximum atomic E-state index is 14.1. The second-order valence-corrected chi connectivity index (χ2v) is 14.1. The van der Waals surface area contributed by atoms with Gasteiger partial charge in [0.2, 0.25) is 11.8 Å². The minimum atomic E-state index is -0.960. The van der Waals surface area contributed by atoms with E-state index in [1.807, 2.05) is 23.1 Å². The highest BCUT2D eigenvalue weighted by molar-refractivity contribution is 7.14. The van der Waals surface area contributed by atoms with Gasteiger partial charge in [-0.1, -0.05) is 27.7 Å². The summed E-state index contributed by atoms with van der Waals surface area (Å²) in [6.45, 7) is 10.6. The van der Waals surface area contributed by atoms with Crippen molar-refractivity contribution in [2.75, 3.05) is 22.9 Å². The molecule has 3 fully saturated rings. The molecule has 0 aromatic carbocycles. The van der Waals surface area contributed by atoms with E-state index in [1.54, 1.807) is 0 Å². The zero-order chi connectivity index (χ0) is 28.4. The van der Waals surface area contributed by atoms with Crippen molar-refractivity contribution >= 4 is 34.7 Å². The van der Waals surface area contributed by atoms with E-state index in [0.717, 1.165) is 75.2 Å². The van der Waals surface area contributed by atoms with E-state index >= 15 is 0 Å². The van der Waals surface area contributed by atoms with Crippen LogP contribution in [0.3, 0.4) is 0 Å². The number of carbonyl (C=O) groups is 2. The Morgan fingerprint density at radius 3 is 2.25 bits per heavy atom. The van der Waals surface area contributed by atoms with E-state index in [-0.39, 0.29) is 34.3 Å². The molecule has 40 heavy (non-hydrogen) atoms. The van der Waals surface area contributed by atoms with Crippen LogP contribution in [-0.4, -0.2) is 52.4 Å². The van der Waals surface area contributed by atoms with Crippen molar-refractivity contribution in [1.82, 2.24) is 10.2 Å². The molecule has 0 radical (unpaired) electrons. The van der Waals surface area contributed by atoms with Crippen molar-refractivity contribution in [3.63, 3.8) is 0 Å². The molecule has 2 saturated carbocycles. The average molecular weight is 569 g/mol. The molecule has 0 spiro atoms. The van der Waals surface area contributed by atoms with Gasteiger partial charge in [0.25, 0.3) is 0 Å². The summed E-state index contributed by atoms with van der Waals surface area (Å²) in [7, 11) is 0. The molecular weight excluding hydrogens is 524 g/mol. The topological polar surface area (TPSA) is 95.9 Å². The van der Waals surface area contributed by atoms with Gasteiger partial charge in [0, 0.05) is 36.0 Å². The number of anilines is 2. The smallest absolute Gasteiger partial charge is 0.348 e. The van der Waals surface area contributed by atoms with E-state index in [1.165, 1.54) is 24.2 Å². The second-order valence-electron chi connectivity index (χ2n) is 13.0. The molecule has 5 rings (SSSR count). The Morgan fingerprint density at radius 2 is 1.68 bits per heavy atom. The summed E-state index contributed by atoms with van der Waals surface area (Å²) < 4.78 is 6.22. The molecule has 3 heterocycles. The Hall–Kier alpha value is -2.68. The molecule has 218 valence electrons. The minimum absolute atomic E-state index is 0.00206. The maximum Gasteiger partial charge on any atom is 0.348 e. The van der Waals surface area contributed by atoms with Crippen LogP contribution in [0.1, 0.15) is 106 Å². The lowest BCUT2D eigenvalue weighted by Crippen LogP contribution is -2.47. The highest BCUT2D eigenvalue weighted by Crippen LogP contribution is 2.42. The number of amides is 1. The number of carbonyl (C=O) groups excluding carboxylic acids is 1. The van der Waals surface area contributed by atoms with Crippen molar-refractivity contribution in [3.8, 4) is 5.88 Å². The lowest BCUT2D eigenvalue weighted by atomic mass is 9.81. The van der Waals surface area contributed by atoms with Gasteiger partial charge in [-0.3, -0.25) is 4.79 Å². The van der Waals surface area contributed by atoms with Gasteiger partial charge >= 0.3 is 5.97 Å². The third kappa shape index (κ3) is 6.45. The van der Waals surface area contributed by atoms with Gasteiger partial charge in [-0.2, -0.15) is 0 Å². The van der Waals surface area contributed by atoms with E-state index in [4.69, 9.17) is 4.74 Å². The van der Waals surface area contributed by atoms with Crippen molar-refractivity contribution in [2.45, 2.75) is 109 Å². The molecule has 0 unspecified atom stereocenters. The van der Waals surface area contributed by atoms with E-state index in [0.29, 0.717) is 17.5 Å². The summed E-state index contributed by atoms with van der Waals surface area (Å²) in [6, 6.07) is 5.82. The number of aromatic carboxylic acids is 1. The number of ether oxygens (including phenoxy) is 1. The zero-order valence-electron chi connectivity index (χ0n) is 24.4. The summed E-state index contributed by atoms with van der Waals surface area (Å²) in [5.74, 6) is 1.17. The molecule has 3 aliphatic rings. The van der Waals surface area contributed by atoms with Gasteiger partial charge in [0.15, 0.2) is 5.82 Å². The Balaban J connectivity index is 1.32. The first-order valence-electron chi connectivity index (χ1n) is 15.1. The third-order valence-electron chi connectivity index (χ3n) is 8.86. The Morgan fingerprint density at radius 1 is 1.00 bits per heavy atom. The van der Waals surface area contributed by atoms with Crippen LogP contribution >= 0.6 is 11.3 Å². The molecule has 1 amide bonds. The molecule has 1 saturated heterocycles. The number of aromatic nitrogens is 2. The van der Waals surface area contributed by atoms with Crippen molar-refractivity contribution in [1.29, 1.82) is 0 Å². The first-order valence-corrected chi connectivity index (χ1v) is 15.9. The third-order valence-corrected chi connectivity index (χ3v) is 10.4. The molecule has 9 heteroatoms. The second kappa shape index (κ2) is 12.0. The molecule has 0 atom stereocenters. The monoisotopic (exact) mass is 568 g/mol. The highest BCUT2D eigenvalue weighted by Gasteiger charge is 2.38. The Labute approximate surface area is 242 Å². The first-order chi connectivity index (χ1) is 19.1. The largest absolute Gasteiger partial charge is 0.477 e. The summed E-state index contributed by atoms with van der Waals surface area (Å²) >= 11 is 1.31. The molecule has 8 nitrogen and oxygen atoms in total. The van der Waals surface area contributed by atoms with Crippen LogP contribution in [0.4, 0.5) is 11.5 Å². The van der Waals surface area contributed by atoms with Crippen LogP contribution in [0.25, 0.3) is 0 Å². The van der Waals surface area contributed by atoms with Crippen molar-refractivity contribution in [2.24, 2.45) is 11.8 Å². The zero-order valence-corrected chi connectivity index (χ0v) is 25.2. The van der Waals surface area contributed by atoms with Gasteiger partial charge in [-0.15, -0.1) is 21.5 Å². The van der Waals surface area contributed by atoms with Crippen LogP contribution in [0.5, 0.6) is 5.88 Å². The molecule has 2 aliphatic carbocycles. The Kier molecular flexibility index (Phi) is 8.69. The number of hydrogen-bond acceptors (Lipinski definition) is 7. The standard InChI is InChI=1S/C31H44N4O4S/c1-20-7-9-21(10-8-20)29(36)35(24-19-25(31(2,3)4)40-28(24)30(37)38)22-11-13-23(14-12-22)39-27-16-15-26(32-33-27)34-17-5-6-18-34/h15-16,19-23H,5-14,17-18H2,1-4H3,(H,37,38). The molecule has 1 aliphatic heterocycles. The summed E-state index contributed by atoms with van der Waals surface area (Å²) in [6.07, 6.45) is 9.32. The number of carboxylic acid groups (broad SMARTS) is 1. The van der Waals surface area contributed by atoms with Gasteiger partial charge in [0.05, 0.1) is 5.69 Å². The van der Waals surface area contributed by atoms with Gasteiger partial charge in [0.1, 0.15) is 11.0 Å². The minimum Gasteiger partial charge on any atom is -0.477 e. The summed E-state index contributed by atoms with van der Waals surface area (Å²) in [5.41, 5.74) is 0.387. The normalized spacial score (nSPS) is 25.6. The molecule has 0 bridgehead atoms. The maximum absolute atomic E-state index is 14.1. The van der Waals surface area contributed by atoms with Gasteiger partial charge in [-0.05, 0) is 87.7 Å². The van der Waals surface area contributed by atoms with E-state index in [2.05, 4.69) is 42.8 Å². The molecule has 1 N–H and O–H groups in total. The SMILES string of the molecule is CC1CCC(C(=O)N(c2cc(C(C)(C)C)sc2C(=O)O)C2CCC(Oc3ccc(N4CCCC4)nn3)CC2)CC1. The number of carboxylic acids is 1.